The number of hydrogen-bond acceptors (Lipinski definition) is 3. The maximum Gasteiger partial charge on any atom is 0.126 e. The van der Waals surface area contributed by atoms with E-state index in [1.165, 1.54) is 0 Å². The molecule has 1 N–H and O–H groups in total. The van der Waals surface area contributed by atoms with Crippen LogP contribution in [0.1, 0.15) is 5.56 Å². The van der Waals surface area contributed by atoms with Crippen molar-refractivity contribution in [2.24, 2.45) is 5.10 Å². The molecule has 0 aromatic heterocycles. The van der Waals surface area contributed by atoms with E-state index in [0.29, 0.717) is 0 Å². The summed E-state index contributed by atoms with van der Waals surface area (Å²) >= 11 is 0. The largest absolute Gasteiger partial charge is 0.496 e. The number of hydrazone groups is 1. The van der Waals surface area contributed by atoms with Crippen LogP contribution in [0.4, 0.5) is 5.69 Å². The fourth-order valence-electron chi connectivity index (χ4n) is 1.62. The summed E-state index contributed by atoms with van der Waals surface area (Å²) in [5.41, 5.74) is 4.93. The standard InChI is InChI=1S/C16H16N2O/c1-19-16-12-6-5-8-14(16)9-7-13-17-18-15-10-3-2-4-11-15/h2-13,18H,1H3/b9-7+,17-13-. The second kappa shape index (κ2) is 7.01. The van der Waals surface area contributed by atoms with E-state index in [2.05, 4.69) is 10.5 Å². The molecule has 2 aromatic carbocycles. The summed E-state index contributed by atoms with van der Waals surface area (Å²) in [6.45, 7) is 0. The fourth-order valence-corrected chi connectivity index (χ4v) is 1.62. The highest BCUT2D eigenvalue weighted by Crippen LogP contribution is 2.18. The Kier molecular flexibility index (Phi) is 4.76. The van der Waals surface area contributed by atoms with Crippen LogP contribution in [0.15, 0.2) is 65.8 Å². The Morgan fingerprint density at radius 3 is 2.53 bits per heavy atom. The number of methoxy groups -OCH3 is 1. The summed E-state index contributed by atoms with van der Waals surface area (Å²) in [6.07, 6.45) is 5.53. The number of nitrogens with one attached hydrogen (secondary N) is 1. The molecule has 0 aliphatic carbocycles. The molecular formula is C16H16N2O. The zero-order valence-electron chi connectivity index (χ0n) is 10.8. The first-order valence-electron chi connectivity index (χ1n) is 6.04. The maximum atomic E-state index is 5.26. The van der Waals surface area contributed by atoms with Crippen LogP contribution >= 0.6 is 0 Å². The van der Waals surface area contributed by atoms with Crippen molar-refractivity contribution in [3.05, 3.63) is 66.2 Å². The molecule has 0 fully saturated rings. The van der Waals surface area contributed by atoms with Gasteiger partial charge < -0.3 is 4.74 Å². The third kappa shape index (κ3) is 4.00. The SMILES string of the molecule is COc1ccccc1/C=C/C=N\Nc1ccccc1. The lowest BCUT2D eigenvalue weighted by atomic mass is 10.2. The van der Waals surface area contributed by atoms with E-state index >= 15 is 0 Å². The molecular weight excluding hydrogens is 236 g/mol. The predicted octanol–water partition coefficient (Wildman–Crippen LogP) is 3.81. The molecule has 0 bridgehead atoms. The van der Waals surface area contributed by atoms with Crippen molar-refractivity contribution in [3.8, 4) is 5.75 Å². The van der Waals surface area contributed by atoms with Gasteiger partial charge >= 0.3 is 0 Å². The first-order chi connectivity index (χ1) is 9.40. The Morgan fingerprint density at radius 2 is 1.74 bits per heavy atom. The molecule has 2 rings (SSSR count). The Bertz CT molecular complexity index is 562. The minimum atomic E-state index is 0.850. The first kappa shape index (κ1) is 12.9. The molecule has 2 aromatic rings. The Hall–Kier alpha value is -2.55. The van der Waals surface area contributed by atoms with Crippen LogP contribution in [0.5, 0.6) is 5.75 Å². The van der Waals surface area contributed by atoms with Gasteiger partial charge in [0.05, 0.1) is 12.8 Å². The second-order valence-electron chi connectivity index (χ2n) is 3.86. The molecule has 0 spiro atoms. The van der Waals surface area contributed by atoms with Crippen LogP contribution in [-0.2, 0) is 0 Å². The summed E-state index contributed by atoms with van der Waals surface area (Å²) in [4.78, 5) is 0. The summed E-state index contributed by atoms with van der Waals surface area (Å²) in [5.74, 6) is 0.850. The van der Waals surface area contributed by atoms with Crippen molar-refractivity contribution < 1.29 is 4.74 Å². The third-order valence-corrected chi connectivity index (χ3v) is 2.54. The van der Waals surface area contributed by atoms with Crippen molar-refractivity contribution in [1.29, 1.82) is 0 Å². The van der Waals surface area contributed by atoms with E-state index in [-0.39, 0.29) is 0 Å². The molecule has 0 aliphatic rings. The van der Waals surface area contributed by atoms with Gasteiger partial charge in [-0.15, -0.1) is 0 Å². The monoisotopic (exact) mass is 252 g/mol. The minimum Gasteiger partial charge on any atom is -0.496 e. The molecule has 0 atom stereocenters. The lowest BCUT2D eigenvalue weighted by Crippen LogP contribution is -1.87. The van der Waals surface area contributed by atoms with Crippen LogP contribution in [0.25, 0.3) is 6.08 Å². The normalized spacial score (nSPS) is 11.0. The average Bonchev–Trinajstić information content (AvgIpc) is 2.48. The van der Waals surface area contributed by atoms with Crippen LogP contribution in [-0.4, -0.2) is 13.3 Å². The van der Waals surface area contributed by atoms with Crippen molar-refractivity contribution in [2.75, 3.05) is 12.5 Å². The molecule has 3 heteroatoms. The molecule has 96 valence electrons. The van der Waals surface area contributed by atoms with Crippen molar-refractivity contribution in [3.63, 3.8) is 0 Å². The molecule has 0 radical (unpaired) electrons. The van der Waals surface area contributed by atoms with Crippen LogP contribution in [0, 0.1) is 0 Å². The number of allylic oxidation sites excluding steroid dienone is 1. The number of nitrogens with zero attached hydrogens (tertiary/aromatic N) is 1. The first-order valence-corrected chi connectivity index (χ1v) is 6.04. The van der Waals surface area contributed by atoms with Gasteiger partial charge in [-0.25, -0.2) is 0 Å². The molecule has 3 nitrogen and oxygen atoms in total. The lowest BCUT2D eigenvalue weighted by Gasteiger charge is -2.02. The Morgan fingerprint density at radius 1 is 1.00 bits per heavy atom. The van der Waals surface area contributed by atoms with Gasteiger partial charge in [-0.1, -0.05) is 36.4 Å². The van der Waals surface area contributed by atoms with Gasteiger partial charge in [0, 0.05) is 11.8 Å². The minimum absolute atomic E-state index is 0.850. The zero-order valence-corrected chi connectivity index (χ0v) is 10.8. The number of hydrogen-bond donors (Lipinski definition) is 1. The van der Waals surface area contributed by atoms with Crippen LogP contribution in [0.2, 0.25) is 0 Å². The molecule has 0 saturated heterocycles. The topological polar surface area (TPSA) is 33.6 Å². The Labute approximate surface area is 113 Å². The number of rotatable bonds is 5. The summed E-state index contributed by atoms with van der Waals surface area (Å²) in [6, 6.07) is 17.7. The maximum absolute atomic E-state index is 5.26. The van der Waals surface area contributed by atoms with Crippen LogP contribution in [0.3, 0.4) is 0 Å². The second-order valence-corrected chi connectivity index (χ2v) is 3.86. The summed E-state index contributed by atoms with van der Waals surface area (Å²) in [7, 11) is 1.66. The smallest absolute Gasteiger partial charge is 0.126 e. The van der Waals surface area contributed by atoms with Crippen molar-refractivity contribution in [1.82, 2.24) is 0 Å². The average molecular weight is 252 g/mol. The number of anilines is 1. The highest BCUT2D eigenvalue weighted by atomic mass is 16.5. The van der Waals surface area contributed by atoms with Gasteiger partial charge in [-0.2, -0.15) is 5.10 Å². The molecule has 0 saturated carbocycles. The van der Waals surface area contributed by atoms with E-state index in [0.717, 1.165) is 17.0 Å². The molecule has 19 heavy (non-hydrogen) atoms. The van der Waals surface area contributed by atoms with Gasteiger partial charge in [0.1, 0.15) is 5.75 Å². The van der Waals surface area contributed by atoms with E-state index in [9.17, 15) is 0 Å². The molecule has 0 aliphatic heterocycles. The predicted molar refractivity (Wildman–Crippen MR) is 80.6 cm³/mol. The van der Waals surface area contributed by atoms with Gasteiger partial charge in [0.2, 0.25) is 0 Å². The Balaban J connectivity index is 1.93. The molecule has 0 heterocycles. The fraction of sp³-hybridized carbons (Fsp3) is 0.0625. The van der Waals surface area contributed by atoms with Crippen LogP contribution < -0.4 is 10.2 Å². The van der Waals surface area contributed by atoms with E-state index in [1.807, 2.05) is 66.7 Å². The van der Waals surface area contributed by atoms with E-state index < -0.39 is 0 Å². The lowest BCUT2D eigenvalue weighted by molar-refractivity contribution is 0.414. The van der Waals surface area contributed by atoms with E-state index in [1.54, 1.807) is 13.3 Å². The van der Waals surface area contributed by atoms with Gasteiger partial charge in [0.25, 0.3) is 0 Å². The van der Waals surface area contributed by atoms with E-state index in [4.69, 9.17) is 4.74 Å². The van der Waals surface area contributed by atoms with Gasteiger partial charge in [-0.05, 0) is 30.4 Å². The number of para-hydroxylation sites is 2. The van der Waals surface area contributed by atoms with Crippen molar-refractivity contribution in [2.45, 2.75) is 0 Å². The van der Waals surface area contributed by atoms with Gasteiger partial charge in [-0.3, -0.25) is 5.43 Å². The number of benzene rings is 2. The van der Waals surface area contributed by atoms with Crippen molar-refractivity contribution >= 4 is 18.0 Å². The highest BCUT2D eigenvalue weighted by molar-refractivity contribution is 5.79. The van der Waals surface area contributed by atoms with Gasteiger partial charge in [0.15, 0.2) is 0 Å². The number of ether oxygens (including phenoxy) is 1. The molecule has 0 unspecified atom stereocenters. The highest BCUT2D eigenvalue weighted by Gasteiger charge is 1.94. The third-order valence-electron chi connectivity index (χ3n) is 2.54. The summed E-state index contributed by atoms with van der Waals surface area (Å²) in [5, 5.41) is 4.11. The molecule has 0 amide bonds. The zero-order chi connectivity index (χ0) is 13.3. The quantitative estimate of drug-likeness (QED) is 0.648. The summed E-state index contributed by atoms with van der Waals surface area (Å²) < 4.78 is 5.26.